The van der Waals surface area contributed by atoms with Gasteiger partial charge >= 0.3 is 6.36 Å². The van der Waals surface area contributed by atoms with E-state index >= 15 is 0 Å². The maximum atomic E-state index is 12.3. The van der Waals surface area contributed by atoms with E-state index in [-0.39, 0.29) is 25.1 Å². The first-order valence-corrected chi connectivity index (χ1v) is 9.27. The zero-order chi connectivity index (χ0) is 21.6. The van der Waals surface area contributed by atoms with E-state index < -0.39 is 6.36 Å². The van der Waals surface area contributed by atoms with Gasteiger partial charge in [0, 0.05) is 0 Å². The normalized spacial score (nSPS) is 12.3. The summed E-state index contributed by atoms with van der Waals surface area (Å²) in [4.78, 5) is 0. The second-order valence-electron chi connectivity index (χ2n) is 6.59. The standard InChI is InChI=1S/C23H21F3O4/c1-16(19-5-3-2-4-6-19)29-22-13-18(14-27)9-12-21(22)28-15-17-7-10-20(11-8-17)30-23(24,25)26/h2-13,16,27H,14-15H2,1H3/t16-/m0/s1. The Balaban J connectivity index is 1.71. The highest BCUT2D eigenvalue weighted by molar-refractivity contribution is 5.43. The first-order valence-electron chi connectivity index (χ1n) is 9.27. The molecule has 0 saturated carbocycles. The van der Waals surface area contributed by atoms with Crippen molar-refractivity contribution >= 4 is 0 Å². The Morgan fingerprint density at radius 3 is 2.17 bits per heavy atom. The molecule has 0 heterocycles. The third-order valence-corrected chi connectivity index (χ3v) is 4.31. The van der Waals surface area contributed by atoms with Crippen LogP contribution in [0.3, 0.4) is 0 Å². The number of hydrogen-bond donors (Lipinski definition) is 1. The Morgan fingerprint density at radius 2 is 1.53 bits per heavy atom. The first kappa shape index (κ1) is 21.5. The minimum atomic E-state index is -4.73. The monoisotopic (exact) mass is 418 g/mol. The van der Waals surface area contributed by atoms with Gasteiger partial charge in [-0.15, -0.1) is 13.2 Å². The zero-order valence-corrected chi connectivity index (χ0v) is 16.2. The molecule has 0 aliphatic rings. The highest BCUT2D eigenvalue weighted by Gasteiger charge is 2.30. The van der Waals surface area contributed by atoms with Gasteiger partial charge in [0.25, 0.3) is 0 Å². The molecule has 0 saturated heterocycles. The highest BCUT2D eigenvalue weighted by Crippen LogP contribution is 2.33. The summed E-state index contributed by atoms with van der Waals surface area (Å²) in [5.41, 5.74) is 2.32. The largest absolute Gasteiger partial charge is 0.573 e. The maximum absolute atomic E-state index is 12.3. The van der Waals surface area contributed by atoms with Crippen LogP contribution in [0.25, 0.3) is 0 Å². The van der Waals surface area contributed by atoms with E-state index in [0.717, 1.165) is 5.56 Å². The minimum absolute atomic E-state index is 0.126. The summed E-state index contributed by atoms with van der Waals surface area (Å²) in [7, 11) is 0. The smallest absolute Gasteiger partial charge is 0.485 e. The van der Waals surface area contributed by atoms with Crippen LogP contribution in [0, 0.1) is 0 Å². The van der Waals surface area contributed by atoms with Crippen LogP contribution in [0.5, 0.6) is 17.2 Å². The summed E-state index contributed by atoms with van der Waals surface area (Å²) in [6.07, 6.45) is -4.98. The lowest BCUT2D eigenvalue weighted by atomic mass is 10.1. The highest BCUT2D eigenvalue weighted by atomic mass is 19.4. The van der Waals surface area contributed by atoms with Gasteiger partial charge in [-0.3, -0.25) is 0 Å². The Morgan fingerprint density at radius 1 is 0.867 bits per heavy atom. The average Bonchev–Trinajstić information content (AvgIpc) is 2.73. The van der Waals surface area contributed by atoms with Gasteiger partial charge < -0.3 is 19.3 Å². The second-order valence-corrected chi connectivity index (χ2v) is 6.59. The third-order valence-electron chi connectivity index (χ3n) is 4.31. The fourth-order valence-electron chi connectivity index (χ4n) is 2.79. The Labute approximate surface area is 172 Å². The Kier molecular flexibility index (Phi) is 6.84. The van der Waals surface area contributed by atoms with Gasteiger partial charge in [-0.1, -0.05) is 48.5 Å². The summed E-state index contributed by atoms with van der Waals surface area (Å²) >= 11 is 0. The van der Waals surface area contributed by atoms with Gasteiger partial charge in [0.2, 0.25) is 0 Å². The van der Waals surface area contributed by atoms with Crippen molar-refractivity contribution in [2.24, 2.45) is 0 Å². The fourth-order valence-corrected chi connectivity index (χ4v) is 2.79. The Hall–Kier alpha value is -3.19. The van der Waals surface area contributed by atoms with E-state index in [0.29, 0.717) is 22.6 Å². The van der Waals surface area contributed by atoms with Crippen molar-refractivity contribution in [1.29, 1.82) is 0 Å². The predicted octanol–water partition coefficient (Wildman–Crippen LogP) is 5.80. The van der Waals surface area contributed by atoms with Crippen LogP contribution in [-0.4, -0.2) is 11.5 Å². The zero-order valence-electron chi connectivity index (χ0n) is 16.2. The summed E-state index contributed by atoms with van der Waals surface area (Å²) in [6, 6.07) is 20.2. The van der Waals surface area contributed by atoms with Crippen molar-refractivity contribution in [3.63, 3.8) is 0 Å². The number of aliphatic hydroxyl groups excluding tert-OH is 1. The van der Waals surface area contributed by atoms with Gasteiger partial charge in [-0.25, -0.2) is 0 Å². The van der Waals surface area contributed by atoms with Crippen molar-refractivity contribution in [2.45, 2.75) is 32.6 Å². The van der Waals surface area contributed by atoms with Crippen molar-refractivity contribution in [2.75, 3.05) is 0 Å². The van der Waals surface area contributed by atoms with E-state index in [1.54, 1.807) is 18.2 Å². The van der Waals surface area contributed by atoms with Crippen LogP contribution >= 0.6 is 0 Å². The van der Waals surface area contributed by atoms with E-state index in [4.69, 9.17) is 9.47 Å². The molecule has 0 aromatic heterocycles. The quantitative estimate of drug-likeness (QED) is 0.503. The lowest BCUT2D eigenvalue weighted by Gasteiger charge is -2.19. The van der Waals surface area contributed by atoms with Gasteiger partial charge in [-0.05, 0) is 47.9 Å². The molecule has 0 radical (unpaired) electrons. The predicted molar refractivity (Wildman–Crippen MR) is 105 cm³/mol. The molecule has 4 nitrogen and oxygen atoms in total. The van der Waals surface area contributed by atoms with Crippen LogP contribution in [0.1, 0.15) is 29.7 Å². The van der Waals surface area contributed by atoms with E-state index in [2.05, 4.69) is 4.74 Å². The third kappa shape index (κ3) is 6.15. The number of alkyl halides is 3. The first-order chi connectivity index (χ1) is 14.3. The molecular weight excluding hydrogens is 397 g/mol. The summed E-state index contributed by atoms with van der Waals surface area (Å²) in [5, 5.41) is 9.43. The minimum Gasteiger partial charge on any atom is -0.485 e. The lowest BCUT2D eigenvalue weighted by molar-refractivity contribution is -0.274. The molecule has 0 bridgehead atoms. The van der Waals surface area contributed by atoms with Crippen molar-refractivity contribution in [3.05, 3.63) is 89.5 Å². The topological polar surface area (TPSA) is 47.9 Å². The summed E-state index contributed by atoms with van der Waals surface area (Å²) < 4.78 is 52.5. The van der Waals surface area contributed by atoms with Crippen LogP contribution in [0.15, 0.2) is 72.8 Å². The number of halogens is 3. The van der Waals surface area contributed by atoms with Gasteiger partial charge in [0.1, 0.15) is 18.5 Å². The van der Waals surface area contributed by atoms with Gasteiger partial charge in [0.05, 0.1) is 6.61 Å². The van der Waals surface area contributed by atoms with Crippen molar-refractivity contribution in [1.82, 2.24) is 0 Å². The van der Waals surface area contributed by atoms with E-state index in [1.165, 1.54) is 24.3 Å². The molecule has 0 amide bonds. The van der Waals surface area contributed by atoms with Crippen LogP contribution in [-0.2, 0) is 13.2 Å². The van der Waals surface area contributed by atoms with E-state index in [9.17, 15) is 18.3 Å². The van der Waals surface area contributed by atoms with Crippen LogP contribution in [0.2, 0.25) is 0 Å². The molecule has 0 unspecified atom stereocenters. The molecular formula is C23H21F3O4. The molecule has 3 aromatic carbocycles. The summed E-state index contributed by atoms with van der Waals surface area (Å²) in [6.45, 7) is 1.89. The number of benzene rings is 3. The van der Waals surface area contributed by atoms with E-state index in [1.807, 2.05) is 37.3 Å². The molecule has 7 heteroatoms. The van der Waals surface area contributed by atoms with Gasteiger partial charge in [0.15, 0.2) is 11.5 Å². The Bertz CT molecular complexity index is 941. The molecule has 0 spiro atoms. The molecule has 158 valence electrons. The fraction of sp³-hybridized carbons (Fsp3) is 0.217. The second kappa shape index (κ2) is 9.54. The number of aliphatic hydroxyl groups is 1. The van der Waals surface area contributed by atoms with Crippen LogP contribution in [0.4, 0.5) is 13.2 Å². The van der Waals surface area contributed by atoms with Gasteiger partial charge in [-0.2, -0.15) is 0 Å². The average molecular weight is 418 g/mol. The lowest BCUT2D eigenvalue weighted by Crippen LogP contribution is -2.17. The molecule has 3 aromatic rings. The van der Waals surface area contributed by atoms with Crippen molar-refractivity contribution < 1.29 is 32.5 Å². The molecule has 1 atom stereocenters. The molecule has 0 aliphatic heterocycles. The number of ether oxygens (including phenoxy) is 3. The van der Waals surface area contributed by atoms with Crippen molar-refractivity contribution in [3.8, 4) is 17.2 Å². The molecule has 0 aliphatic carbocycles. The summed E-state index contributed by atoms with van der Waals surface area (Å²) in [5.74, 6) is 0.639. The molecule has 1 N–H and O–H groups in total. The molecule has 3 rings (SSSR count). The SMILES string of the molecule is C[C@H](Oc1cc(CO)ccc1OCc1ccc(OC(F)(F)F)cc1)c1ccccc1. The molecule has 0 fully saturated rings. The maximum Gasteiger partial charge on any atom is 0.573 e. The number of hydrogen-bond acceptors (Lipinski definition) is 4. The van der Waals surface area contributed by atoms with Crippen LogP contribution < -0.4 is 14.2 Å². The molecule has 30 heavy (non-hydrogen) atoms. The number of rotatable bonds is 8.